The Bertz CT molecular complexity index is 1270. The van der Waals surface area contributed by atoms with Gasteiger partial charge in [-0.25, -0.2) is 9.59 Å². The summed E-state index contributed by atoms with van der Waals surface area (Å²) >= 11 is 17.8. The van der Waals surface area contributed by atoms with E-state index >= 15 is 0 Å². The van der Waals surface area contributed by atoms with E-state index in [0.717, 1.165) is 10.9 Å². The molecule has 36 heavy (non-hydrogen) atoms. The molecule has 0 fully saturated rings. The SMILES string of the molecule is CCOC(=O)c1cc(C#C[Si](C)(C)C)c(N)cc1Cl.CCOC(=O)c1cc2cc[nH]c2cc1Cl.[Cu][I]. The van der Waals surface area contributed by atoms with Crippen molar-refractivity contribution in [2.45, 2.75) is 33.5 Å². The van der Waals surface area contributed by atoms with E-state index in [1.165, 1.54) is 0 Å². The molecular formula is C25H28Cl2CuIN2O4Si. The number of halogens is 3. The summed E-state index contributed by atoms with van der Waals surface area (Å²) in [6.45, 7) is 10.6. The van der Waals surface area contributed by atoms with Crippen LogP contribution in [0.2, 0.25) is 29.7 Å². The molecule has 6 nitrogen and oxygen atoms in total. The van der Waals surface area contributed by atoms with Crippen LogP contribution < -0.4 is 5.73 Å². The molecular weight excluding hydrogens is 682 g/mol. The van der Waals surface area contributed by atoms with Gasteiger partial charge in [0, 0.05) is 28.4 Å². The van der Waals surface area contributed by atoms with E-state index in [2.05, 4.69) is 48.9 Å². The van der Waals surface area contributed by atoms with Crippen LogP contribution in [0.25, 0.3) is 10.9 Å². The summed E-state index contributed by atoms with van der Waals surface area (Å²) in [5.74, 6) is 2.20. The minimum atomic E-state index is -1.50. The summed E-state index contributed by atoms with van der Waals surface area (Å²) in [4.78, 5) is 26.3. The minimum absolute atomic E-state index is 0.287. The van der Waals surface area contributed by atoms with Crippen molar-refractivity contribution >= 4 is 80.1 Å². The molecule has 0 spiro atoms. The third kappa shape index (κ3) is 10.00. The van der Waals surface area contributed by atoms with Crippen LogP contribution >= 0.6 is 43.5 Å². The van der Waals surface area contributed by atoms with Gasteiger partial charge < -0.3 is 20.2 Å². The monoisotopic (exact) mass is 708 g/mol. The second-order valence-electron chi connectivity index (χ2n) is 8.26. The number of esters is 2. The first kappa shape index (κ1) is 32.4. The van der Waals surface area contributed by atoms with Crippen molar-refractivity contribution in [3.05, 3.63) is 63.3 Å². The Kier molecular flexibility index (Phi) is 14.0. The molecule has 1 aromatic heterocycles. The van der Waals surface area contributed by atoms with Crippen LogP contribution in [0.3, 0.4) is 0 Å². The number of nitrogens with one attached hydrogen (secondary N) is 1. The third-order valence-electron chi connectivity index (χ3n) is 4.34. The number of rotatable bonds is 4. The molecule has 1 heterocycles. The maximum absolute atomic E-state index is 11.7. The van der Waals surface area contributed by atoms with Crippen molar-refractivity contribution in [1.82, 2.24) is 4.98 Å². The van der Waals surface area contributed by atoms with Gasteiger partial charge in [0.2, 0.25) is 0 Å². The Labute approximate surface area is 242 Å². The first-order valence-corrected chi connectivity index (χ1v) is 18.1. The van der Waals surface area contributed by atoms with Gasteiger partial charge >= 0.3 is 45.0 Å². The Morgan fingerprint density at radius 1 is 1.00 bits per heavy atom. The zero-order valence-corrected chi connectivity index (χ0v) is 26.1. The van der Waals surface area contributed by atoms with Crippen LogP contribution in [-0.4, -0.2) is 38.2 Å². The number of hydrogen-bond acceptors (Lipinski definition) is 5. The maximum atomic E-state index is 11.7. The Morgan fingerprint density at radius 3 is 2.06 bits per heavy atom. The zero-order chi connectivity index (χ0) is 27.5. The van der Waals surface area contributed by atoms with Crippen LogP contribution in [0.4, 0.5) is 5.69 Å². The number of hydrogen-bond donors (Lipinski definition) is 2. The summed E-state index contributed by atoms with van der Waals surface area (Å²) in [5, 5.41) is 1.64. The van der Waals surface area contributed by atoms with E-state index in [0.29, 0.717) is 40.6 Å². The summed E-state index contributed by atoms with van der Waals surface area (Å²) < 4.78 is 9.85. The molecule has 0 aliphatic heterocycles. The fraction of sp³-hybridized carbons (Fsp3) is 0.280. The van der Waals surface area contributed by atoms with E-state index in [1.54, 1.807) is 64.7 Å². The van der Waals surface area contributed by atoms with Crippen molar-refractivity contribution in [2.75, 3.05) is 18.9 Å². The number of nitrogen functional groups attached to an aromatic ring is 1. The van der Waals surface area contributed by atoms with Gasteiger partial charge in [0.15, 0.2) is 0 Å². The number of aromatic nitrogens is 1. The number of fused-ring (bicyclic) bond motifs is 1. The molecule has 2 aromatic carbocycles. The topological polar surface area (TPSA) is 94.4 Å². The van der Waals surface area contributed by atoms with E-state index in [-0.39, 0.29) is 11.0 Å². The predicted octanol–water partition coefficient (Wildman–Crippen LogP) is 7.21. The zero-order valence-electron chi connectivity index (χ0n) is 20.5. The average Bonchev–Trinajstić information content (AvgIpc) is 3.26. The van der Waals surface area contributed by atoms with E-state index < -0.39 is 14.0 Å². The first-order chi connectivity index (χ1) is 17.0. The van der Waals surface area contributed by atoms with Crippen molar-refractivity contribution in [1.29, 1.82) is 0 Å². The molecule has 0 aliphatic carbocycles. The number of anilines is 1. The second-order valence-corrected chi connectivity index (χ2v) is 13.8. The summed E-state index contributed by atoms with van der Waals surface area (Å²) in [6, 6.07) is 8.48. The van der Waals surface area contributed by atoms with Crippen LogP contribution in [0.15, 0.2) is 36.5 Å². The van der Waals surface area contributed by atoms with Crippen molar-refractivity contribution in [3.63, 3.8) is 0 Å². The molecule has 11 heteroatoms. The Hall–Kier alpha value is -1.67. The van der Waals surface area contributed by atoms with Crippen molar-refractivity contribution in [2.24, 2.45) is 0 Å². The van der Waals surface area contributed by atoms with Crippen molar-refractivity contribution in [3.8, 4) is 11.5 Å². The normalized spacial score (nSPS) is 10.2. The van der Waals surface area contributed by atoms with Gasteiger partial charge in [-0.1, -0.05) is 48.8 Å². The number of nitrogens with two attached hydrogens (primary N) is 1. The van der Waals surface area contributed by atoms with Crippen LogP contribution in [-0.2, 0) is 22.2 Å². The van der Waals surface area contributed by atoms with Gasteiger partial charge in [-0.15, -0.1) is 5.54 Å². The fourth-order valence-corrected chi connectivity index (χ4v) is 3.76. The van der Waals surface area contributed by atoms with E-state index in [4.69, 9.17) is 38.4 Å². The third-order valence-corrected chi connectivity index (χ3v) is 5.84. The molecule has 0 atom stereocenters. The quantitative estimate of drug-likeness (QED) is 0.0983. The predicted molar refractivity (Wildman–Crippen MR) is 155 cm³/mol. The van der Waals surface area contributed by atoms with E-state index in [9.17, 15) is 9.59 Å². The summed E-state index contributed by atoms with van der Waals surface area (Å²) in [5.41, 5.74) is 11.8. The van der Waals surface area contributed by atoms with Gasteiger partial charge in [-0.05, 0) is 44.2 Å². The van der Waals surface area contributed by atoms with Gasteiger partial charge in [-0.3, -0.25) is 0 Å². The molecule has 198 valence electrons. The molecule has 0 bridgehead atoms. The first-order valence-electron chi connectivity index (χ1n) is 10.8. The Morgan fingerprint density at radius 2 is 1.53 bits per heavy atom. The molecule has 0 radical (unpaired) electrons. The van der Waals surface area contributed by atoms with Crippen LogP contribution in [0.1, 0.15) is 40.1 Å². The average molecular weight is 710 g/mol. The molecule has 0 amide bonds. The molecule has 3 aromatic rings. The van der Waals surface area contributed by atoms with Gasteiger partial charge in [0.05, 0.1) is 34.4 Å². The van der Waals surface area contributed by atoms with Gasteiger partial charge in [0.1, 0.15) is 8.07 Å². The molecule has 0 aliphatic rings. The molecule has 0 saturated carbocycles. The number of ether oxygens (including phenoxy) is 2. The summed E-state index contributed by atoms with van der Waals surface area (Å²) in [6.07, 6.45) is 1.80. The van der Waals surface area contributed by atoms with Gasteiger partial charge in [0.25, 0.3) is 0 Å². The number of carbonyl (C=O) groups excluding carboxylic acids is 2. The standard InChI is InChI=1S/C14H18ClNO2Si.C11H10ClNO2.Cu.HI/c1-5-18-14(17)11-8-10(6-7-19(2,3)4)13(16)9-12(11)15;1-2-15-11(14)8-5-7-3-4-13-10(7)6-9(8)12;;/h8-9H,5,16H2,1-4H3;3-6,13H,2H2,1H3;;1H/q;;+1;/p-1. The Balaban J connectivity index is 0.000000344. The molecule has 3 N–H and O–H groups in total. The second kappa shape index (κ2) is 15.5. The number of aromatic amines is 1. The summed E-state index contributed by atoms with van der Waals surface area (Å²) in [7, 11) is -1.50. The molecule has 0 saturated heterocycles. The molecule has 3 rings (SSSR count). The number of benzene rings is 2. The van der Waals surface area contributed by atoms with Crippen LogP contribution in [0, 0.1) is 11.5 Å². The van der Waals surface area contributed by atoms with Crippen molar-refractivity contribution < 1.29 is 31.8 Å². The van der Waals surface area contributed by atoms with Crippen LogP contribution in [0.5, 0.6) is 0 Å². The van der Waals surface area contributed by atoms with Gasteiger partial charge in [-0.2, -0.15) is 0 Å². The fourth-order valence-electron chi connectivity index (χ4n) is 2.76. The number of H-pyrrole nitrogens is 1. The van der Waals surface area contributed by atoms with E-state index in [1.807, 2.05) is 6.07 Å². The molecule has 0 unspecified atom stereocenters. The number of carbonyl (C=O) groups is 2.